The van der Waals surface area contributed by atoms with E-state index in [1.165, 1.54) is 59.4 Å². The van der Waals surface area contributed by atoms with E-state index < -0.39 is 0 Å². The molecular formula is C28H29N3O2. The van der Waals surface area contributed by atoms with Crippen LogP contribution in [0, 0.1) is 0 Å². The van der Waals surface area contributed by atoms with Gasteiger partial charge in [0.25, 0.3) is 0 Å². The summed E-state index contributed by atoms with van der Waals surface area (Å²) in [6, 6.07) is 19.0. The van der Waals surface area contributed by atoms with Gasteiger partial charge in [-0.05, 0) is 67.6 Å². The summed E-state index contributed by atoms with van der Waals surface area (Å²) in [5.74, 6) is 1.85. The van der Waals surface area contributed by atoms with Crippen molar-refractivity contribution in [3.8, 4) is 28.3 Å². The first-order valence-electron chi connectivity index (χ1n) is 11.9. The molecule has 1 aliphatic heterocycles. The Balaban J connectivity index is 1.41. The molecule has 0 spiro atoms. The van der Waals surface area contributed by atoms with Crippen LogP contribution >= 0.6 is 0 Å². The Morgan fingerprint density at radius 3 is 2.42 bits per heavy atom. The van der Waals surface area contributed by atoms with Crippen LogP contribution in [0.2, 0.25) is 0 Å². The molecule has 3 heterocycles. The smallest absolute Gasteiger partial charge is 0.172 e. The number of benzene rings is 2. The Kier molecular flexibility index (Phi) is 5.27. The van der Waals surface area contributed by atoms with Crippen LogP contribution in [0.5, 0.6) is 5.75 Å². The maximum atomic E-state index is 6.00. The Bertz CT molecular complexity index is 1250. The van der Waals surface area contributed by atoms with Crippen LogP contribution in [-0.2, 0) is 25.9 Å². The number of ether oxygens (including phenoxy) is 1. The number of nitrogens with zero attached hydrogens (tertiary/aromatic N) is 3. The van der Waals surface area contributed by atoms with Gasteiger partial charge in [-0.3, -0.25) is 4.90 Å². The average Bonchev–Trinajstić information content (AvgIpc) is 3.59. The summed E-state index contributed by atoms with van der Waals surface area (Å²) in [5.41, 5.74) is 8.76. The number of likely N-dealkylation sites (tertiary alicyclic amines) is 1. The summed E-state index contributed by atoms with van der Waals surface area (Å²) in [6.07, 6.45) is 6.85. The fraction of sp³-hybridized carbons (Fsp3) is 0.321. The second-order valence-corrected chi connectivity index (χ2v) is 9.13. The van der Waals surface area contributed by atoms with Crippen LogP contribution in [0.15, 0.2) is 65.3 Å². The molecule has 168 valence electrons. The van der Waals surface area contributed by atoms with E-state index in [9.17, 15) is 0 Å². The molecule has 2 aromatic heterocycles. The molecule has 33 heavy (non-hydrogen) atoms. The summed E-state index contributed by atoms with van der Waals surface area (Å²) in [7, 11) is 1.70. The Morgan fingerprint density at radius 1 is 0.909 bits per heavy atom. The van der Waals surface area contributed by atoms with Crippen LogP contribution in [0.3, 0.4) is 0 Å². The minimum atomic E-state index is 0.797. The van der Waals surface area contributed by atoms with Crippen LogP contribution in [0.25, 0.3) is 22.6 Å². The van der Waals surface area contributed by atoms with Gasteiger partial charge in [0.1, 0.15) is 11.4 Å². The summed E-state index contributed by atoms with van der Waals surface area (Å²) in [5, 5.41) is 4.54. The van der Waals surface area contributed by atoms with Gasteiger partial charge < -0.3 is 13.8 Å². The third-order valence-electron chi connectivity index (χ3n) is 7.05. The quantitative estimate of drug-likeness (QED) is 0.394. The lowest BCUT2D eigenvalue weighted by atomic mass is 9.89. The molecule has 0 unspecified atom stereocenters. The first kappa shape index (κ1) is 20.3. The number of methoxy groups -OCH3 is 1. The maximum absolute atomic E-state index is 6.00. The van der Waals surface area contributed by atoms with Crippen molar-refractivity contribution >= 4 is 0 Å². The first-order valence-corrected chi connectivity index (χ1v) is 11.9. The third kappa shape index (κ3) is 3.76. The molecule has 5 nitrogen and oxygen atoms in total. The van der Waals surface area contributed by atoms with Crippen LogP contribution in [0.4, 0.5) is 0 Å². The molecule has 0 atom stereocenters. The van der Waals surface area contributed by atoms with Gasteiger partial charge in [0.15, 0.2) is 5.76 Å². The van der Waals surface area contributed by atoms with Gasteiger partial charge in [-0.15, -0.1) is 0 Å². The summed E-state index contributed by atoms with van der Waals surface area (Å²) >= 11 is 0. The standard InChI is InChI=1S/C28H29N3O2/c1-32-22-11-9-20(10-12-22)17-31-18-25-23(27(31)21-7-3-2-4-8-21)13-14-24-26(29-33-28(24)25)19-30-15-5-6-16-30/h2-4,7-12,18H,5-6,13-17,19H2,1H3. The van der Waals surface area contributed by atoms with Crippen molar-refractivity contribution in [1.29, 1.82) is 0 Å². The van der Waals surface area contributed by atoms with Crippen molar-refractivity contribution in [2.45, 2.75) is 38.8 Å². The van der Waals surface area contributed by atoms with Gasteiger partial charge in [-0.2, -0.15) is 0 Å². The molecule has 0 radical (unpaired) electrons. The monoisotopic (exact) mass is 439 g/mol. The number of fused-ring (bicyclic) bond motifs is 3. The van der Waals surface area contributed by atoms with Crippen molar-refractivity contribution in [3.63, 3.8) is 0 Å². The van der Waals surface area contributed by atoms with Crippen LogP contribution < -0.4 is 4.74 Å². The lowest BCUT2D eigenvalue weighted by Crippen LogP contribution is -2.19. The largest absolute Gasteiger partial charge is 0.497 e. The summed E-state index contributed by atoms with van der Waals surface area (Å²) in [6.45, 7) is 4.05. The second-order valence-electron chi connectivity index (χ2n) is 9.13. The van der Waals surface area contributed by atoms with Crippen molar-refractivity contribution in [2.24, 2.45) is 0 Å². The first-order chi connectivity index (χ1) is 16.3. The lowest BCUT2D eigenvalue weighted by Gasteiger charge is -2.16. The third-order valence-corrected chi connectivity index (χ3v) is 7.05. The fourth-order valence-electron chi connectivity index (χ4n) is 5.37. The molecule has 1 saturated heterocycles. The molecule has 1 fully saturated rings. The predicted molar refractivity (Wildman–Crippen MR) is 129 cm³/mol. The van der Waals surface area contributed by atoms with E-state index in [1.807, 2.05) is 12.1 Å². The van der Waals surface area contributed by atoms with Gasteiger partial charge in [0.2, 0.25) is 0 Å². The van der Waals surface area contributed by atoms with E-state index in [0.717, 1.165) is 43.1 Å². The van der Waals surface area contributed by atoms with Crippen LogP contribution in [0.1, 0.15) is 35.2 Å². The van der Waals surface area contributed by atoms with E-state index >= 15 is 0 Å². The Morgan fingerprint density at radius 2 is 1.67 bits per heavy atom. The van der Waals surface area contributed by atoms with Gasteiger partial charge in [-0.1, -0.05) is 47.6 Å². The molecule has 5 heteroatoms. The molecule has 1 aliphatic carbocycles. The van der Waals surface area contributed by atoms with Crippen molar-refractivity contribution < 1.29 is 9.26 Å². The summed E-state index contributed by atoms with van der Waals surface area (Å²) < 4.78 is 13.7. The fourth-order valence-corrected chi connectivity index (χ4v) is 5.37. The van der Waals surface area contributed by atoms with Crippen molar-refractivity contribution in [2.75, 3.05) is 20.2 Å². The number of rotatable bonds is 6. The highest BCUT2D eigenvalue weighted by atomic mass is 16.5. The zero-order valence-electron chi connectivity index (χ0n) is 19.1. The molecule has 0 saturated carbocycles. The molecule has 0 N–H and O–H groups in total. The highest BCUT2D eigenvalue weighted by Crippen LogP contribution is 2.42. The normalized spacial score (nSPS) is 15.4. The lowest BCUT2D eigenvalue weighted by molar-refractivity contribution is 0.314. The average molecular weight is 440 g/mol. The molecule has 2 aromatic carbocycles. The number of hydrogen-bond donors (Lipinski definition) is 0. The van der Waals surface area contributed by atoms with Crippen molar-refractivity contribution in [1.82, 2.24) is 14.6 Å². The molecule has 2 aliphatic rings. The van der Waals surface area contributed by atoms with E-state index in [2.05, 4.69) is 63.3 Å². The van der Waals surface area contributed by atoms with E-state index in [4.69, 9.17) is 9.26 Å². The van der Waals surface area contributed by atoms with Crippen LogP contribution in [-0.4, -0.2) is 34.8 Å². The van der Waals surface area contributed by atoms with E-state index in [0.29, 0.717) is 0 Å². The maximum Gasteiger partial charge on any atom is 0.172 e. The molecular weight excluding hydrogens is 410 g/mol. The minimum Gasteiger partial charge on any atom is -0.497 e. The second kappa shape index (κ2) is 8.56. The Labute approximate surface area is 194 Å². The minimum absolute atomic E-state index is 0.797. The summed E-state index contributed by atoms with van der Waals surface area (Å²) in [4.78, 5) is 2.50. The SMILES string of the molecule is COc1ccc(Cn2cc3c(c2-c2ccccc2)CCc2c(CN4CCCC4)noc2-3)cc1. The molecule has 0 amide bonds. The van der Waals surface area contributed by atoms with Gasteiger partial charge in [-0.25, -0.2) is 0 Å². The Hall–Kier alpha value is -3.31. The number of hydrogen-bond acceptors (Lipinski definition) is 4. The van der Waals surface area contributed by atoms with Crippen molar-refractivity contribution in [3.05, 3.63) is 83.2 Å². The molecule has 4 aromatic rings. The van der Waals surface area contributed by atoms with Gasteiger partial charge >= 0.3 is 0 Å². The van der Waals surface area contributed by atoms with E-state index in [1.54, 1.807) is 7.11 Å². The highest BCUT2D eigenvalue weighted by molar-refractivity contribution is 5.79. The molecule has 6 rings (SSSR count). The highest BCUT2D eigenvalue weighted by Gasteiger charge is 2.30. The number of aromatic nitrogens is 2. The zero-order valence-corrected chi connectivity index (χ0v) is 19.1. The topological polar surface area (TPSA) is 43.4 Å². The van der Waals surface area contributed by atoms with Gasteiger partial charge in [0.05, 0.1) is 12.8 Å². The predicted octanol–water partition coefficient (Wildman–Crippen LogP) is 5.56. The van der Waals surface area contributed by atoms with E-state index in [-0.39, 0.29) is 0 Å². The van der Waals surface area contributed by atoms with Gasteiger partial charge in [0, 0.05) is 30.4 Å². The zero-order chi connectivity index (χ0) is 22.2. The molecule has 0 bridgehead atoms.